The summed E-state index contributed by atoms with van der Waals surface area (Å²) in [6.07, 6.45) is 1.77. The lowest BCUT2D eigenvalue weighted by Gasteiger charge is -2.06. The monoisotopic (exact) mass is 357 g/mol. The highest BCUT2D eigenvalue weighted by atomic mass is 32.1. The summed E-state index contributed by atoms with van der Waals surface area (Å²) in [5, 5.41) is 3.43. The number of benzene rings is 2. The molecule has 5 heteroatoms. The number of halogens is 1. The van der Waals surface area contributed by atoms with Crippen LogP contribution in [-0.4, -0.2) is 19.6 Å². The molecular weight excluding hydrogens is 337 g/mol. The Bertz CT molecular complexity index is 861. The summed E-state index contributed by atoms with van der Waals surface area (Å²) in [6, 6.07) is 15.1. The van der Waals surface area contributed by atoms with Crippen molar-refractivity contribution >= 4 is 27.3 Å². The van der Waals surface area contributed by atoms with Gasteiger partial charge in [-0.1, -0.05) is 36.4 Å². The third-order valence-electron chi connectivity index (χ3n) is 4.03. The van der Waals surface area contributed by atoms with Gasteiger partial charge in [-0.3, -0.25) is 4.79 Å². The number of carbonyl (C=O) groups is 1. The quantitative estimate of drug-likeness (QED) is 0.630. The number of methoxy groups -OCH3 is 1. The van der Waals surface area contributed by atoms with E-state index in [0.29, 0.717) is 22.4 Å². The van der Waals surface area contributed by atoms with Gasteiger partial charge in [0.15, 0.2) is 0 Å². The van der Waals surface area contributed by atoms with E-state index < -0.39 is 0 Å². The molecule has 0 aliphatic heterocycles. The highest BCUT2D eigenvalue weighted by Crippen LogP contribution is 2.33. The average molecular weight is 357 g/mol. The number of rotatable bonds is 7. The second-order valence-electron chi connectivity index (χ2n) is 5.80. The number of hydrogen-bond donors (Lipinski definition) is 1. The molecule has 1 aromatic heterocycles. The Labute approximate surface area is 150 Å². The summed E-state index contributed by atoms with van der Waals surface area (Å²) in [5.74, 6) is -0.482. The lowest BCUT2D eigenvalue weighted by molar-refractivity contribution is 0.0953. The van der Waals surface area contributed by atoms with Crippen molar-refractivity contribution in [1.82, 2.24) is 5.32 Å². The molecule has 0 radical (unpaired) electrons. The molecule has 0 aliphatic carbocycles. The van der Waals surface area contributed by atoms with E-state index in [4.69, 9.17) is 4.74 Å². The molecule has 3 rings (SSSR count). The van der Waals surface area contributed by atoms with E-state index in [0.717, 1.165) is 17.5 Å². The van der Waals surface area contributed by atoms with Crippen molar-refractivity contribution in [3.05, 3.63) is 70.4 Å². The lowest BCUT2D eigenvalue weighted by atomic mass is 10.1. The molecular formula is C20H20FNO2S. The number of aryl methyl sites for hydroxylation is 1. The third kappa shape index (κ3) is 4.06. The summed E-state index contributed by atoms with van der Waals surface area (Å²) < 4.78 is 20.1. The summed E-state index contributed by atoms with van der Waals surface area (Å²) >= 11 is 1.31. The maximum atomic E-state index is 14.2. The molecule has 0 unspecified atom stereocenters. The van der Waals surface area contributed by atoms with Crippen molar-refractivity contribution < 1.29 is 13.9 Å². The molecule has 25 heavy (non-hydrogen) atoms. The first-order chi connectivity index (χ1) is 12.2. The molecule has 0 spiro atoms. The first-order valence-corrected chi connectivity index (χ1v) is 9.03. The predicted molar refractivity (Wildman–Crippen MR) is 99.6 cm³/mol. The van der Waals surface area contributed by atoms with Crippen LogP contribution in [0.25, 0.3) is 10.1 Å². The zero-order chi connectivity index (χ0) is 17.6. The molecule has 130 valence electrons. The minimum atomic E-state index is -0.316. The van der Waals surface area contributed by atoms with Crippen molar-refractivity contribution in [3.63, 3.8) is 0 Å². The number of hydrogen-bond acceptors (Lipinski definition) is 3. The summed E-state index contributed by atoms with van der Waals surface area (Å²) in [5.41, 5.74) is 1.88. The predicted octanol–water partition coefficient (Wildman–Crippen LogP) is 4.55. The molecule has 0 bridgehead atoms. The van der Waals surface area contributed by atoms with Crippen LogP contribution in [0.5, 0.6) is 0 Å². The zero-order valence-electron chi connectivity index (χ0n) is 14.0. The normalized spacial score (nSPS) is 11.0. The van der Waals surface area contributed by atoms with Crippen LogP contribution in [0, 0.1) is 5.82 Å². The van der Waals surface area contributed by atoms with Crippen molar-refractivity contribution in [1.29, 1.82) is 0 Å². The maximum Gasteiger partial charge on any atom is 0.261 e. The number of ether oxygens (including phenoxy) is 1. The second kappa shape index (κ2) is 8.23. The van der Waals surface area contributed by atoms with Crippen LogP contribution in [0.15, 0.2) is 48.5 Å². The largest absolute Gasteiger partial charge is 0.380 e. The Morgan fingerprint density at radius 2 is 1.96 bits per heavy atom. The minimum Gasteiger partial charge on any atom is -0.380 e. The van der Waals surface area contributed by atoms with Crippen LogP contribution in [0.2, 0.25) is 0 Å². The first-order valence-electron chi connectivity index (χ1n) is 8.21. The van der Waals surface area contributed by atoms with Crippen molar-refractivity contribution in [3.8, 4) is 0 Å². The highest BCUT2D eigenvalue weighted by Gasteiger charge is 2.20. The molecule has 3 nitrogen and oxygen atoms in total. The van der Waals surface area contributed by atoms with Gasteiger partial charge in [0.1, 0.15) is 5.82 Å². The fourth-order valence-corrected chi connectivity index (χ4v) is 3.99. The van der Waals surface area contributed by atoms with Gasteiger partial charge >= 0.3 is 0 Å². The Hall–Kier alpha value is -2.24. The van der Waals surface area contributed by atoms with E-state index in [1.165, 1.54) is 23.0 Å². The number of amides is 1. The van der Waals surface area contributed by atoms with E-state index in [-0.39, 0.29) is 18.3 Å². The molecule has 2 aromatic carbocycles. The van der Waals surface area contributed by atoms with Crippen LogP contribution < -0.4 is 5.32 Å². The molecule has 0 saturated heterocycles. The Morgan fingerprint density at radius 1 is 1.16 bits per heavy atom. The van der Waals surface area contributed by atoms with Gasteiger partial charge in [0, 0.05) is 29.3 Å². The molecule has 0 aliphatic rings. The van der Waals surface area contributed by atoms with Crippen LogP contribution in [0.4, 0.5) is 4.39 Å². The van der Waals surface area contributed by atoms with Crippen LogP contribution in [0.3, 0.4) is 0 Å². The minimum absolute atomic E-state index is 0.166. The molecule has 0 saturated carbocycles. The average Bonchev–Trinajstić information content (AvgIpc) is 3.00. The summed E-state index contributed by atoms with van der Waals surface area (Å²) in [6.45, 7) is 0.796. The summed E-state index contributed by atoms with van der Waals surface area (Å²) in [4.78, 5) is 13.1. The van der Waals surface area contributed by atoms with E-state index in [9.17, 15) is 9.18 Å². The van der Waals surface area contributed by atoms with Crippen LogP contribution in [0.1, 0.15) is 27.2 Å². The van der Waals surface area contributed by atoms with Gasteiger partial charge in [0.25, 0.3) is 5.91 Å². The van der Waals surface area contributed by atoms with Crippen LogP contribution >= 0.6 is 11.3 Å². The van der Waals surface area contributed by atoms with Gasteiger partial charge in [0.2, 0.25) is 0 Å². The fourth-order valence-electron chi connectivity index (χ4n) is 2.85. The van der Waals surface area contributed by atoms with Gasteiger partial charge < -0.3 is 10.1 Å². The SMILES string of the molecule is COCc1c(C(=O)NCCCc2ccccc2)sc2cccc(F)c12. The van der Waals surface area contributed by atoms with Gasteiger partial charge in [0.05, 0.1) is 11.5 Å². The zero-order valence-corrected chi connectivity index (χ0v) is 14.9. The Morgan fingerprint density at radius 3 is 2.72 bits per heavy atom. The van der Waals surface area contributed by atoms with Crippen LogP contribution in [-0.2, 0) is 17.8 Å². The van der Waals surface area contributed by atoms with E-state index >= 15 is 0 Å². The third-order valence-corrected chi connectivity index (χ3v) is 5.22. The number of thiophene rings is 1. The molecule has 0 fully saturated rings. The lowest BCUT2D eigenvalue weighted by Crippen LogP contribution is -2.25. The van der Waals surface area contributed by atoms with Crippen molar-refractivity contribution in [2.45, 2.75) is 19.4 Å². The number of fused-ring (bicyclic) bond motifs is 1. The molecule has 1 amide bonds. The van der Waals surface area contributed by atoms with Gasteiger partial charge in [-0.15, -0.1) is 11.3 Å². The number of carbonyl (C=O) groups excluding carboxylic acids is 1. The first kappa shape index (κ1) is 17.6. The topological polar surface area (TPSA) is 38.3 Å². The standard InChI is InChI=1S/C20H20FNO2S/c1-24-13-15-18-16(21)10-5-11-17(18)25-19(15)20(23)22-12-6-9-14-7-3-2-4-8-14/h2-5,7-8,10-11H,6,9,12-13H2,1H3,(H,22,23). The van der Waals surface area contributed by atoms with Gasteiger partial charge in [-0.05, 0) is 30.5 Å². The van der Waals surface area contributed by atoms with Gasteiger partial charge in [-0.25, -0.2) is 4.39 Å². The van der Waals surface area contributed by atoms with E-state index in [1.54, 1.807) is 13.2 Å². The van der Waals surface area contributed by atoms with Crippen molar-refractivity contribution in [2.24, 2.45) is 0 Å². The van der Waals surface area contributed by atoms with Crippen molar-refractivity contribution in [2.75, 3.05) is 13.7 Å². The molecule has 1 N–H and O–H groups in total. The highest BCUT2D eigenvalue weighted by molar-refractivity contribution is 7.21. The van der Waals surface area contributed by atoms with E-state index in [2.05, 4.69) is 17.4 Å². The molecule has 0 atom stereocenters. The van der Waals surface area contributed by atoms with E-state index in [1.807, 2.05) is 24.3 Å². The maximum absolute atomic E-state index is 14.2. The van der Waals surface area contributed by atoms with Gasteiger partial charge in [-0.2, -0.15) is 0 Å². The molecule has 3 aromatic rings. The second-order valence-corrected chi connectivity index (χ2v) is 6.85. The Kier molecular flexibility index (Phi) is 5.79. The smallest absolute Gasteiger partial charge is 0.261 e. The summed E-state index contributed by atoms with van der Waals surface area (Å²) in [7, 11) is 1.55. The fraction of sp³-hybridized carbons (Fsp3) is 0.250. The molecule has 1 heterocycles. The number of nitrogens with one attached hydrogen (secondary N) is 1. The Balaban J connectivity index is 1.69.